The van der Waals surface area contributed by atoms with Crippen LogP contribution in [0.5, 0.6) is 0 Å². The van der Waals surface area contributed by atoms with Crippen LogP contribution in [0.15, 0.2) is 0 Å². The summed E-state index contributed by atoms with van der Waals surface area (Å²) < 4.78 is 4.84. The minimum atomic E-state index is -0.839. The molecule has 0 amide bonds. The molecular weight excluding hydrogens is 190 g/mol. The summed E-state index contributed by atoms with van der Waals surface area (Å²) in [7, 11) is 7.99. The fraction of sp³-hybridized carbons (Fsp3) is 1.00. The Kier molecular flexibility index (Phi) is 7.45. The van der Waals surface area contributed by atoms with Crippen molar-refractivity contribution in [2.45, 2.75) is 19.9 Å². The molecule has 0 saturated carbocycles. The second-order valence-electron chi connectivity index (χ2n) is 4.22. The Morgan fingerprint density at radius 2 is 1.29 bits per heavy atom. The summed E-state index contributed by atoms with van der Waals surface area (Å²) in [6.07, 6.45) is 0. The highest BCUT2D eigenvalue weighted by Crippen LogP contribution is 2.01. The van der Waals surface area contributed by atoms with Crippen LogP contribution in [0.4, 0.5) is 0 Å². The van der Waals surface area contributed by atoms with E-state index in [0.717, 1.165) is 0 Å². The summed E-state index contributed by atoms with van der Waals surface area (Å²) in [6, 6.07) is 1.35. The Hall–Kier alpha value is 0.0969. The largest absolute Gasteiger partial charge is 0.320 e. The molecule has 0 fully saturated rings. The van der Waals surface area contributed by atoms with Crippen molar-refractivity contribution in [3.8, 4) is 0 Å². The van der Waals surface area contributed by atoms with E-state index in [2.05, 4.69) is 56.1 Å². The third kappa shape index (κ3) is 5.10. The second kappa shape index (κ2) is 7.40. The highest BCUT2D eigenvalue weighted by molar-refractivity contribution is 6.52. The normalized spacial score (nSPS) is 12.4. The van der Waals surface area contributed by atoms with Crippen molar-refractivity contribution in [1.82, 2.24) is 14.0 Å². The molecule has 0 rings (SSSR count). The first-order valence-electron chi connectivity index (χ1n) is 5.58. The predicted molar refractivity (Wildman–Crippen MR) is 67.1 cm³/mol. The maximum Gasteiger partial charge on any atom is 0.190 e. The van der Waals surface area contributed by atoms with Crippen LogP contribution in [0.3, 0.4) is 0 Å². The van der Waals surface area contributed by atoms with E-state index in [0.29, 0.717) is 0 Å². The lowest BCUT2D eigenvalue weighted by Gasteiger charge is -2.30. The van der Waals surface area contributed by atoms with Gasteiger partial charge in [0.2, 0.25) is 0 Å². The van der Waals surface area contributed by atoms with Gasteiger partial charge in [-0.1, -0.05) is 13.8 Å². The molecule has 86 valence electrons. The lowest BCUT2D eigenvalue weighted by molar-refractivity contribution is 0.315. The van der Waals surface area contributed by atoms with Crippen molar-refractivity contribution in [3.63, 3.8) is 0 Å². The first kappa shape index (κ1) is 14.1. The van der Waals surface area contributed by atoms with Crippen molar-refractivity contribution in [2.75, 3.05) is 47.8 Å². The molecule has 0 unspecified atom stereocenters. The van der Waals surface area contributed by atoms with Crippen LogP contribution in [0.2, 0.25) is 6.04 Å². The van der Waals surface area contributed by atoms with Gasteiger partial charge in [-0.15, -0.1) is 0 Å². The quantitative estimate of drug-likeness (QED) is 0.581. The molecule has 0 bridgehead atoms. The fourth-order valence-corrected chi connectivity index (χ4v) is 4.37. The van der Waals surface area contributed by atoms with E-state index in [9.17, 15) is 0 Å². The van der Waals surface area contributed by atoms with Crippen molar-refractivity contribution >= 4 is 9.12 Å². The van der Waals surface area contributed by atoms with E-state index in [4.69, 9.17) is 0 Å². The maximum atomic E-state index is 2.51. The molecule has 0 aromatic rings. The van der Waals surface area contributed by atoms with Crippen molar-refractivity contribution < 1.29 is 0 Å². The molecule has 3 nitrogen and oxygen atoms in total. The van der Waals surface area contributed by atoms with E-state index in [1.54, 1.807) is 0 Å². The topological polar surface area (TPSA) is 9.72 Å². The van der Waals surface area contributed by atoms with Gasteiger partial charge in [-0.05, 0) is 53.9 Å². The highest BCUT2D eigenvalue weighted by Gasteiger charge is 2.17. The number of rotatable bonds is 7. The molecule has 4 heteroatoms. The molecular formula is C10H27N3Si. The molecule has 0 aliphatic rings. The van der Waals surface area contributed by atoms with Gasteiger partial charge < -0.3 is 14.0 Å². The number of hydrogen-bond acceptors (Lipinski definition) is 3. The first-order chi connectivity index (χ1) is 6.52. The summed E-state index contributed by atoms with van der Waals surface area (Å²) in [5.74, 6) is 0. The van der Waals surface area contributed by atoms with Crippen molar-refractivity contribution in [3.05, 3.63) is 0 Å². The molecule has 0 atom stereocenters. The summed E-state index contributed by atoms with van der Waals surface area (Å²) in [4.78, 5) is 2.51. The minimum Gasteiger partial charge on any atom is -0.320 e. The summed E-state index contributed by atoms with van der Waals surface area (Å²) in [5.41, 5.74) is 0. The molecule has 0 N–H and O–H groups in total. The van der Waals surface area contributed by atoms with Crippen LogP contribution >= 0.6 is 0 Å². The molecule has 0 aliphatic heterocycles. The Labute approximate surface area is 91.4 Å². The Bertz CT molecular complexity index is 127. The Morgan fingerprint density at radius 3 is 1.57 bits per heavy atom. The van der Waals surface area contributed by atoms with E-state index >= 15 is 0 Å². The standard InChI is InChI=1S/C10H27N3Si/c1-7-13(8-2)9-10-14(11(3)4)12(5)6/h14H,7-10H2,1-6H3. The lowest BCUT2D eigenvalue weighted by Crippen LogP contribution is -2.47. The second-order valence-corrected chi connectivity index (χ2v) is 7.83. The fourth-order valence-electron chi connectivity index (χ4n) is 1.82. The van der Waals surface area contributed by atoms with Gasteiger partial charge in [-0.25, -0.2) is 0 Å². The van der Waals surface area contributed by atoms with Crippen molar-refractivity contribution in [1.29, 1.82) is 0 Å². The summed E-state index contributed by atoms with van der Waals surface area (Å²) in [5, 5.41) is 0. The zero-order valence-electron chi connectivity index (χ0n) is 10.7. The van der Waals surface area contributed by atoms with Crippen LogP contribution in [-0.4, -0.2) is 71.0 Å². The third-order valence-electron chi connectivity index (χ3n) is 2.79. The molecule has 0 spiro atoms. The zero-order chi connectivity index (χ0) is 11.1. The smallest absolute Gasteiger partial charge is 0.190 e. The predicted octanol–water partition coefficient (Wildman–Crippen LogP) is 0.672. The van der Waals surface area contributed by atoms with E-state index in [1.165, 1.54) is 25.7 Å². The third-order valence-corrected chi connectivity index (χ3v) is 5.95. The van der Waals surface area contributed by atoms with Crippen LogP contribution in [-0.2, 0) is 0 Å². The number of hydrogen-bond donors (Lipinski definition) is 0. The van der Waals surface area contributed by atoms with Gasteiger partial charge in [0.25, 0.3) is 0 Å². The molecule has 0 aliphatic carbocycles. The summed E-state index contributed by atoms with van der Waals surface area (Å²) in [6.45, 7) is 8.09. The van der Waals surface area contributed by atoms with Crippen LogP contribution in [0.25, 0.3) is 0 Å². The Morgan fingerprint density at radius 1 is 0.857 bits per heavy atom. The number of nitrogens with zero attached hydrogens (tertiary/aromatic N) is 3. The van der Waals surface area contributed by atoms with Gasteiger partial charge in [-0.3, -0.25) is 0 Å². The van der Waals surface area contributed by atoms with Gasteiger partial charge in [0, 0.05) is 0 Å². The SMILES string of the molecule is CCN(CC)CC[SiH](N(C)C)N(C)C. The van der Waals surface area contributed by atoms with Gasteiger partial charge in [0.05, 0.1) is 0 Å². The van der Waals surface area contributed by atoms with E-state index < -0.39 is 9.12 Å². The molecule has 0 aromatic carbocycles. The highest BCUT2D eigenvalue weighted by atomic mass is 28.3. The van der Waals surface area contributed by atoms with Gasteiger partial charge >= 0.3 is 0 Å². The van der Waals surface area contributed by atoms with Gasteiger partial charge in [-0.2, -0.15) is 0 Å². The minimum absolute atomic E-state index is 0.839. The monoisotopic (exact) mass is 217 g/mol. The van der Waals surface area contributed by atoms with Crippen LogP contribution < -0.4 is 0 Å². The van der Waals surface area contributed by atoms with Gasteiger partial charge in [0.15, 0.2) is 9.12 Å². The van der Waals surface area contributed by atoms with Gasteiger partial charge in [0.1, 0.15) is 0 Å². The van der Waals surface area contributed by atoms with E-state index in [1.807, 2.05) is 0 Å². The molecule has 0 radical (unpaired) electrons. The lowest BCUT2D eigenvalue weighted by atomic mass is 10.5. The van der Waals surface area contributed by atoms with Crippen LogP contribution in [0.1, 0.15) is 13.8 Å². The summed E-state index contributed by atoms with van der Waals surface area (Å²) >= 11 is 0. The first-order valence-corrected chi connectivity index (χ1v) is 7.43. The molecule has 0 saturated heterocycles. The molecule has 0 heterocycles. The Balaban J connectivity index is 3.92. The van der Waals surface area contributed by atoms with E-state index in [-0.39, 0.29) is 0 Å². The van der Waals surface area contributed by atoms with Crippen molar-refractivity contribution in [2.24, 2.45) is 0 Å². The average molecular weight is 217 g/mol. The van der Waals surface area contributed by atoms with Crippen LogP contribution in [0, 0.1) is 0 Å². The zero-order valence-corrected chi connectivity index (χ0v) is 11.9. The molecule has 14 heavy (non-hydrogen) atoms. The maximum absolute atomic E-state index is 2.51. The average Bonchev–Trinajstić information content (AvgIpc) is 2.11. The molecule has 0 aromatic heterocycles.